The maximum Gasteiger partial charge on any atom is 0.243 e. The van der Waals surface area contributed by atoms with Gasteiger partial charge in [-0.05, 0) is 61.7 Å². The van der Waals surface area contributed by atoms with Gasteiger partial charge in [-0.25, -0.2) is 8.42 Å². The molecule has 3 rings (SSSR count). The third kappa shape index (κ3) is 5.03. The number of hydrogen-bond acceptors (Lipinski definition) is 3. The highest BCUT2D eigenvalue weighted by atomic mass is 79.9. The molecule has 0 radical (unpaired) electrons. The van der Waals surface area contributed by atoms with Crippen molar-refractivity contribution in [1.29, 1.82) is 0 Å². The normalized spacial score (nSPS) is 17.2. The van der Waals surface area contributed by atoms with Crippen molar-refractivity contribution >= 4 is 47.8 Å². The molecule has 1 aliphatic heterocycles. The van der Waals surface area contributed by atoms with Crippen LogP contribution in [0.2, 0.25) is 0 Å². The molecule has 1 amide bonds. The molecule has 5 nitrogen and oxygen atoms in total. The monoisotopic (exact) mass is 528 g/mol. The zero-order chi connectivity index (χ0) is 20.3. The van der Waals surface area contributed by atoms with Crippen LogP contribution in [0, 0.1) is 5.92 Å². The van der Waals surface area contributed by atoms with Gasteiger partial charge in [-0.2, -0.15) is 4.31 Å². The van der Waals surface area contributed by atoms with Gasteiger partial charge in [0.15, 0.2) is 0 Å². The van der Waals surface area contributed by atoms with Crippen LogP contribution in [0.1, 0.15) is 31.4 Å². The first kappa shape index (κ1) is 21.5. The van der Waals surface area contributed by atoms with Crippen molar-refractivity contribution in [2.45, 2.75) is 30.7 Å². The molecule has 0 saturated carbocycles. The molecule has 28 heavy (non-hydrogen) atoms. The van der Waals surface area contributed by atoms with E-state index in [1.165, 1.54) is 4.31 Å². The van der Waals surface area contributed by atoms with Crippen molar-refractivity contribution in [2.24, 2.45) is 5.92 Å². The van der Waals surface area contributed by atoms with Crippen LogP contribution < -0.4 is 5.32 Å². The summed E-state index contributed by atoms with van der Waals surface area (Å²) in [6, 6.07) is 14.4. The number of amides is 1. The van der Waals surface area contributed by atoms with Crippen molar-refractivity contribution in [3.8, 4) is 0 Å². The lowest BCUT2D eigenvalue weighted by Crippen LogP contribution is -2.43. The Labute approximate surface area is 182 Å². The first-order chi connectivity index (χ1) is 13.3. The summed E-state index contributed by atoms with van der Waals surface area (Å²) < 4.78 is 28.8. The number of carbonyl (C=O) groups is 1. The van der Waals surface area contributed by atoms with Crippen LogP contribution in [-0.2, 0) is 14.8 Å². The fourth-order valence-corrected chi connectivity index (χ4v) is 5.46. The Morgan fingerprint density at radius 1 is 1.07 bits per heavy atom. The molecule has 0 spiro atoms. The SMILES string of the molecule is CC(NC(=O)C1CCN(S(=O)(=O)c2ccc(Br)cc2)CC1)c1cccc(Br)c1. The van der Waals surface area contributed by atoms with Gasteiger partial charge in [0.2, 0.25) is 15.9 Å². The summed E-state index contributed by atoms with van der Waals surface area (Å²) in [6.07, 6.45) is 1.04. The quantitative estimate of drug-likeness (QED) is 0.620. The number of halogens is 2. The largest absolute Gasteiger partial charge is 0.349 e. The third-order valence-electron chi connectivity index (χ3n) is 4.98. The molecule has 150 valence electrons. The summed E-state index contributed by atoms with van der Waals surface area (Å²) in [6.45, 7) is 2.65. The number of hydrogen-bond donors (Lipinski definition) is 1. The number of piperidine rings is 1. The lowest BCUT2D eigenvalue weighted by Gasteiger charge is -2.31. The summed E-state index contributed by atoms with van der Waals surface area (Å²) >= 11 is 6.76. The molecule has 2 aromatic carbocycles. The second kappa shape index (κ2) is 9.07. The zero-order valence-corrected chi connectivity index (χ0v) is 19.4. The Bertz CT molecular complexity index is 940. The number of carbonyl (C=O) groups excluding carboxylic acids is 1. The van der Waals surface area contributed by atoms with Gasteiger partial charge >= 0.3 is 0 Å². The van der Waals surface area contributed by atoms with Gasteiger partial charge < -0.3 is 5.32 Å². The van der Waals surface area contributed by atoms with Gasteiger partial charge in [-0.15, -0.1) is 0 Å². The van der Waals surface area contributed by atoms with Crippen molar-refractivity contribution in [3.63, 3.8) is 0 Å². The van der Waals surface area contributed by atoms with Gasteiger partial charge in [0.05, 0.1) is 10.9 Å². The van der Waals surface area contributed by atoms with Gasteiger partial charge in [0.25, 0.3) is 0 Å². The van der Waals surface area contributed by atoms with Crippen LogP contribution in [-0.4, -0.2) is 31.7 Å². The molecule has 1 saturated heterocycles. The number of nitrogens with one attached hydrogen (secondary N) is 1. The van der Waals surface area contributed by atoms with Gasteiger partial charge in [0.1, 0.15) is 0 Å². The van der Waals surface area contributed by atoms with E-state index >= 15 is 0 Å². The highest BCUT2D eigenvalue weighted by Gasteiger charge is 2.32. The summed E-state index contributed by atoms with van der Waals surface area (Å²) in [4.78, 5) is 12.9. The van der Waals surface area contributed by atoms with E-state index in [2.05, 4.69) is 37.2 Å². The fraction of sp³-hybridized carbons (Fsp3) is 0.350. The molecular weight excluding hydrogens is 508 g/mol. The van der Waals surface area contributed by atoms with Crippen molar-refractivity contribution in [3.05, 3.63) is 63.0 Å². The van der Waals surface area contributed by atoms with Crippen LogP contribution in [0.25, 0.3) is 0 Å². The van der Waals surface area contributed by atoms with Crippen LogP contribution in [0.5, 0.6) is 0 Å². The molecule has 0 aromatic heterocycles. The van der Waals surface area contributed by atoms with Crippen LogP contribution in [0.15, 0.2) is 62.4 Å². The molecule has 2 aromatic rings. The second-order valence-corrected chi connectivity index (χ2v) is 10.7. The molecule has 1 aliphatic rings. The van der Waals surface area contributed by atoms with Crippen LogP contribution in [0.4, 0.5) is 0 Å². The molecule has 1 atom stereocenters. The van der Waals surface area contributed by atoms with E-state index in [9.17, 15) is 13.2 Å². The maximum absolute atomic E-state index is 12.8. The Morgan fingerprint density at radius 3 is 2.32 bits per heavy atom. The summed E-state index contributed by atoms with van der Waals surface area (Å²) in [5, 5.41) is 3.05. The number of rotatable bonds is 5. The van der Waals surface area contributed by atoms with Gasteiger partial charge in [-0.3, -0.25) is 4.79 Å². The first-order valence-electron chi connectivity index (χ1n) is 9.09. The summed E-state index contributed by atoms with van der Waals surface area (Å²) in [5.41, 5.74) is 1.03. The minimum absolute atomic E-state index is 0.0202. The predicted molar refractivity (Wildman–Crippen MR) is 116 cm³/mol. The molecule has 1 heterocycles. The zero-order valence-electron chi connectivity index (χ0n) is 15.4. The van der Waals surface area contributed by atoms with Crippen molar-refractivity contribution in [2.75, 3.05) is 13.1 Å². The average molecular weight is 530 g/mol. The second-order valence-electron chi connectivity index (χ2n) is 6.92. The highest BCUT2D eigenvalue weighted by Crippen LogP contribution is 2.26. The first-order valence-corrected chi connectivity index (χ1v) is 12.1. The third-order valence-corrected chi connectivity index (χ3v) is 7.92. The van der Waals surface area contributed by atoms with E-state index < -0.39 is 10.0 Å². The minimum Gasteiger partial charge on any atom is -0.349 e. The van der Waals surface area contributed by atoms with E-state index in [0.717, 1.165) is 14.5 Å². The molecule has 1 fully saturated rings. The lowest BCUT2D eigenvalue weighted by molar-refractivity contribution is -0.126. The molecule has 1 unspecified atom stereocenters. The fourth-order valence-electron chi connectivity index (χ4n) is 3.30. The van der Waals surface area contributed by atoms with Gasteiger partial charge in [-0.1, -0.05) is 44.0 Å². The summed E-state index contributed by atoms with van der Waals surface area (Å²) in [7, 11) is -3.52. The number of sulfonamides is 1. The predicted octanol–water partition coefficient (Wildman–Crippen LogP) is 4.49. The van der Waals surface area contributed by atoms with Crippen LogP contribution >= 0.6 is 31.9 Å². The Hall–Kier alpha value is -1.22. The molecule has 0 bridgehead atoms. The maximum atomic E-state index is 12.8. The topological polar surface area (TPSA) is 66.5 Å². The minimum atomic E-state index is -3.52. The van der Waals surface area contributed by atoms with E-state index in [4.69, 9.17) is 0 Å². The standard InChI is InChI=1S/C20H22Br2N2O3S/c1-14(16-3-2-4-18(22)13-16)23-20(25)15-9-11-24(12-10-15)28(26,27)19-7-5-17(21)6-8-19/h2-8,13-15H,9-12H2,1H3,(H,23,25). The van der Waals surface area contributed by atoms with E-state index in [0.29, 0.717) is 25.9 Å². The molecule has 1 N–H and O–H groups in total. The smallest absolute Gasteiger partial charge is 0.243 e. The summed E-state index contributed by atoms with van der Waals surface area (Å²) in [5.74, 6) is -0.195. The average Bonchev–Trinajstić information content (AvgIpc) is 2.68. The Balaban J connectivity index is 1.58. The Morgan fingerprint density at radius 2 is 1.71 bits per heavy atom. The van der Waals surface area contributed by atoms with Crippen molar-refractivity contribution < 1.29 is 13.2 Å². The van der Waals surface area contributed by atoms with Gasteiger partial charge in [0, 0.05) is 28.0 Å². The van der Waals surface area contributed by atoms with Crippen molar-refractivity contribution in [1.82, 2.24) is 9.62 Å². The molecule has 0 aliphatic carbocycles. The molecular formula is C20H22Br2N2O3S. The number of nitrogens with zero attached hydrogens (tertiary/aromatic N) is 1. The highest BCUT2D eigenvalue weighted by molar-refractivity contribution is 9.10. The van der Waals surface area contributed by atoms with E-state index in [1.54, 1.807) is 24.3 Å². The van der Waals surface area contributed by atoms with E-state index in [1.807, 2.05) is 31.2 Å². The van der Waals surface area contributed by atoms with Crippen LogP contribution in [0.3, 0.4) is 0 Å². The number of benzene rings is 2. The Kier molecular flexibility index (Phi) is 6.96. The van der Waals surface area contributed by atoms with E-state index in [-0.39, 0.29) is 22.8 Å². The lowest BCUT2D eigenvalue weighted by atomic mass is 9.96. The molecule has 8 heteroatoms.